The summed E-state index contributed by atoms with van der Waals surface area (Å²) in [5.74, 6) is 0. The fraction of sp³-hybridized carbons (Fsp3) is 0.273. The molecular weight excluding hydrogens is 160 g/mol. The molecule has 0 bridgehead atoms. The van der Waals surface area contributed by atoms with Gasteiger partial charge >= 0.3 is 0 Å². The number of anilines is 1. The second kappa shape index (κ2) is 2.60. The van der Waals surface area contributed by atoms with Crippen LogP contribution in [0.3, 0.4) is 0 Å². The highest BCUT2D eigenvalue weighted by Crippen LogP contribution is 2.30. The predicted octanol–water partition coefficient (Wildman–Crippen LogP) is 1.89. The van der Waals surface area contributed by atoms with Crippen LogP contribution in [0, 0.1) is 0 Å². The molecule has 3 N–H and O–H groups in total. The van der Waals surface area contributed by atoms with Gasteiger partial charge < -0.3 is 11.1 Å². The molecule has 0 fully saturated rings. The zero-order chi connectivity index (χ0) is 9.47. The zero-order valence-electron chi connectivity index (χ0n) is 7.80. The van der Waals surface area contributed by atoms with E-state index in [0.29, 0.717) is 0 Å². The van der Waals surface area contributed by atoms with Crippen molar-refractivity contribution >= 4 is 5.69 Å². The molecule has 13 heavy (non-hydrogen) atoms. The average Bonchev–Trinajstić information content (AvgIpc) is 2.06. The number of nitrogens with one attached hydrogen (secondary N) is 1. The number of nitrogens with two attached hydrogens (primary N) is 1. The molecule has 1 atom stereocenters. The lowest BCUT2D eigenvalue weighted by Gasteiger charge is -2.34. The minimum absolute atomic E-state index is 0.325. The molecule has 2 heteroatoms. The van der Waals surface area contributed by atoms with Crippen LogP contribution in [0.2, 0.25) is 0 Å². The average molecular weight is 174 g/mol. The summed E-state index contributed by atoms with van der Waals surface area (Å²) in [6.45, 7) is 5.93. The van der Waals surface area contributed by atoms with Gasteiger partial charge in [-0.25, -0.2) is 0 Å². The van der Waals surface area contributed by atoms with Crippen molar-refractivity contribution in [2.45, 2.75) is 18.9 Å². The van der Waals surface area contributed by atoms with Crippen LogP contribution in [0.25, 0.3) is 0 Å². The number of rotatable bonds is 0. The van der Waals surface area contributed by atoms with Gasteiger partial charge in [-0.3, -0.25) is 0 Å². The highest BCUT2D eigenvalue weighted by atomic mass is 15.0. The fourth-order valence-electron chi connectivity index (χ4n) is 1.60. The van der Waals surface area contributed by atoms with Crippen LogP contribution in [-0.2, 0) is 6.42 Å². The van der Waals surface area contributed by atoms with Crippen molar-refractivity contribution < 1.29 is 0 Å². The Morgan fingerprint density at radius 3 is 2.92 bits per heavy atom. The van der Waals surface area contributed by atoms with E-state index in [2.05, 4.69) is 24.0 Å². The Hall–Kier alpha value is -1.28. The summed E-state index contributed by atoms with van der Waals surface area (Å²) in [6, 6.07) is 8.19. The van der Waals surface area contributed by atoms with Gasteiger partial charge in [-0.2, -0.15) is 0 Å². The Kier molecular flexibility index (Phi) is 1.67. The van der Waals surface area contributed by atoms with E-state index in [0.717, 1.165) is 17.8 Å². The van der Waals surface area contributed by atoms with Crippen molar-refractivity contribution in [3.05, 3.63) is 42.1 Å². The Labute approximate surface area is 78.5 Å². The first kappa shape index (κ1) is 8.32. The van der Waals surface area contributed by atoms with E-state index in [9.17, 15) is 0 Å². The van der Waals surface area contributed by atoms with Crippen molar-refractivity contribution in [2.24, 2.45) is 5.73 Å². The SMILES string of the molecule is C=C1Nc2ccccc2CC1(C)N. The molecule has 1 aliphatic heterocycles. The summed E-state index contributed by atoms with van der Waals surface area (Å²) >= 11 is 0. The number of hydrogen-bond donors (Lipinski definition) is 2. The molecule has 1 aromatic carbocycles. The second-order valence-corrected chi connectivity index (χ2v) is 3.85. The molecular formula is C11H14N2. The maximum atomic E-state index is 6.07. The second-order valence-electron chi connectivity index (χ2n) is 3.85. The lowest BCUT2D eigenvalue weighted by atomic mass is 9.87. The Morgan fingerprint density at radius 2 is 2.15 bits per heavy atom. The van der Waals surface area contributed by atoms with Gasteiger partial charge in [-0.15, -0.1) is 0 Å². The third-order valence-electron chi connectivity index (χ3n) is 2.55. The van der Waals surface area contributed by atoms with Gasteiger partial charge in [0.2, 0.25) is 0 Å². The molecule has 0 saturated carbocycles. The molecule has 0 radical (unpaired) electrons. The van der Waals surface area contributed by atoms with Crippen LogP contribution in [0.15, 0.2) is 36.5 Å². The topological polar surface area (TPSA) is 38.0 Å². The summed E-state index contributed by atoms with van der Waals surface area (Å²) in [4.78, 5) is 0. The van der Waals surface area contributed by atoms with Crippen LogP contribution >= 0.6 is 0 Å². The molecule has 0 aromatic heterocycles. The molecule has 1 unspecified atom stereocenters. The lowest BCUT2D eigenvalue weighted by Crippen LogP contribution is -2.45. The van der Waals surface area contributed by atoms with Crippen LogP contribution in [0.4, 0.5) is 5.69 Å². The van der Waals surface area contributed by atoms with Gasteiger partial charge in [0, 0.05) is 11.4 Å². The molecule has 1 aliphatic rings. The third-order valence-corrected chi connectivity index (χ3v) is 2.55. The highest BCUT2D eigenvalue weighted by molar-refractivity contribution is 5.60. The quantitative estimate of drug-likeness (QED) is 0.630. The summed E-state index contributed by atoms with van der Waals surface area (Å²) in [7, 11) is 0. The first-order valence-electron chi connectivity index (χ1n) is 4.43. The van der Waals surface area contributed by atoms with Crippen LogP contribution in [-0.4, -0.2) is 5.54 Å². The number of hydrogen-bond acceptors (Lipinski definition) is 2. The zero-order valence-corrected chi connectivity index (χ0v) is 7.80. The third kappa shape index (κ3) is 1.33. The van der Waals surface area contributed by atoms with Crippen LogP contribution < -0.4 is 11.1 Å². The molecule has 2 rings (SSSR count). The van der Waals surface area contributed by atoms with Crippen LogP contribution in [0.1, 0.15) is 12.5 Å². The predicted molar refractivity (Wildman–Crippen MR) is 55.5 cm³/mol. The Balaban J connectivity index is 2.44. The standard InChI is InChI=1S/C11H14N2/c1-8-11(2,12)7-9-5-3-4-6-10(9)13-8/h3-6,13H,1,7,12H2,2H3. The Morgan fingerprint density at radius 1 is 1.46 bits per heavy atom. The highest BCUT2D eigenvalue weighted by Gasteiger charge is 2.28. The maximum absolute atomic E-state index is 6.07. The van der Waals surface area contributed by atoms with Crippen molar-refractivity contribution in [3.8, 4) is 0 Å². The van der Waals surface area contributed by atoms with E-state index >= 15 is 0 Å². The number of para-hydroxylation sites is 1. The van der Waals surface area contributed by atoms with Gasteiger partial charge in [0.1, 0.15) is 0 Å². The number of fused-ring (bicyclic) bond motifs is 1. The first-order chi connectivity index (χ1) is 6.09. The largest absolute Gasteiger partial charge is 0.358 e. The molecule has 2 nitrogen and oxygen atoms in total. The minimum atomic E-state index is -0.325. The Bertz CT molecular complexity index is 353. The van der Waals surface area contributed by atoms with E-state index in [1.165, 1.54) is 5.56 Å². The smallest absolute Gasteiger partial charge is 0.0568 e. The fourth-order valence-corrected chi connectivity index (χ4v) is 1.60. The normalized spacial score (nSPS) is 26.5. The lowest BCUT2D eigenvalue weighted by molar-refractivity contribution is 0.540. The maximum Gasteiger partial charge on any atom is 0.0568 e. The minimum Gasteiger partial charge on any atom is -0.358 e. The van der Waals surface area contributed by atoms with Crippen LogP contribution in [0.5, 0.6) is 0 Å². The monoisotopic (exact) mass is 174 g/mol. The van der Waals surface area contributed by atoms with Gasteiger partial charge in [-0.05, 0) is 25.0 Å². The van der Waals surface area contributed by atoms with Gasteiger partial charge in [0.15, 0.2) is 0 Å². The molecule has 0 spiro atoms. The molecule has 68 valence electrons. The summed E-state index contributed by atoms with van der Waals surface area (Å²) in [6.07, 6.45) is 0.856. The van der Waals surface area contributed by atoms with Gasteiger partial charge in [0.25, 0.3) is 0 Å². The first-order valence-corrected chi connectivity index (χ1v) is 4.43. The van der Waals surface area contributed by atoms with Gasteiger partial charge in [-0.1, -0.05) is 24.8 Å². The van der Waals surface area contributed by atoms with Crippen molar-refractivity contribution in [1.82, 2.24) is 0 Å². The summed E-state index contributed by atoms with van der Waals surface area (Å²) in [5, 5.41) is 3.23. The summed E-state index contributed by atoms with van der Waals surface area (Å²) < 4.78 is 0. The van der Waals surface area contributed by atoms with E-state index in [1.807, 2.05) is 19.1 Å². The molecule has 0 amide bonds. The molecule has 0 aliphatic carbocycles. The van der Waals surface area contributed by atoms with E-state index < -0.39 is 0 Å². The number of benzene rings is 1. The van der Waals surface area contributed by atoms with Crippen molar-refractivity contribution in [2.75, 3.05) is 5.32 Å². The van der Waals surface area contributed by atoms with E-state index in [-0.39, 0.29) is 5.54 Å². The van der Waals surface area contributed by atoms with Gasteiger partial charge in [0.05, 0.1) is 5.54 Å². The molecule has 1 heterocycles. The van der Waals surface area contributed by atoms with E-state index in [4.69, 9.17) is 5.73 Å². The molecule has 0 saturated heterocycles. The van der Waals surface area contributed by atoms with Crippen molar-refractivity contribution in [1.29, 1.82) is 0 Å². The summed E-state index contributed by atoms with van der Waals surface area (Å²) in [5.41, 5.74) is 9.04. The van der Waals surface area contributed by atoms with Crippen molar-refractivity contribution in [3.63, 3.8) is 0 Å². The molecule has 1 aromatic rings. The van der Waals surface area contributed by atoms with E-state index in [1.54, 1.807) is 0 Å².